The number of nitrogens with zero attached hydrogens (tertiary/aromatic N) is 1. The van der Waals surface area contributed by atoms with E-state index in [4.69, 9.17) is 4.74 Å². The van der Waals surface area contributed by atoms with Gasteiger partial charge in [-0.1, -0.05) is 18.2 Å². The van der Waals surface area contributed by atoms with Gasteiger partial charge in [0.25, 0.3) is 0 Å². The molecule has 1 atom stereocenters. The fourth-order valence-corrected chi connectivity index (χ4v) is 2.45. The Balaban J connectivity index is 2.05. The minimum absolute atomic E-state index is 0.125. The van der Waals surface area contributed by atoms with Crippen molar-refractivity contribution in [2.45, 2.75) is 31.9 Å². The third kappa shape index (κ3) is 4.38. The van der Waals surface area contributed by atoms with E-state index in [9.17, 15) is 13.2 Å². The van der Waals surface area contributed by atoms with E-state index in [1.807, 2.05) is 0 Å². The Bertz CT molecular complexity index is 437. The molecular weight excluding hydrogens is 271 g/mol. The lowest BCUT2D eigenvalue weighted by Gasteiger charge is -2.32. The maximum atomic E-state index is 12.4. The number of hydrogen-bond donors (Lipinski definition) is 0. The summed E-state index contributed by atoms with van der Waals surface area (Å²) in [6, 6.07) is 6.27. The van der Waals surface area contributed by atoms with E-state index < -0.39 is 6.36 Å². The molecule has 0 spiro atoms. The number of piperidine rings is 1. The molecule has 0 saturated carbocycles. The van der Waals surface area contributed by atoms with Crippen molar-refractivity contribution in [2.75, 3.05) is 20.2 Å². The number of hydrogen-bond acceptors (Lipinski definition) is 3. The Labute approximate surface area is 116 Å². The summed E-state index contributed by atoms with van der Waals surface area (Å²) in [4.78, 5) is 2.09. The molecule has 1 heterocycles. The van der Waals surface area contributed by atoms with Crippen LogP contribution in [-0.4, -0.2) is 37.6 Å². The minimum atomic E-state index is -4.66. The molecule has 2 rings (SSSR count). The first-order valence-electron chi connectivity index (χ1n) is 6.57. The highest BCUT2D eigenvalue weighted by Gasteiger charge is 2.32. The van der Waals surface area contributed by atoms with Crippen LogP contribution in [0.2, 0.25) is 0 Å². The first-order chi connectivity index (χ1) is 9.48. The van der Waals surface area contributed by atoms with Crippen LogP contribution in [0.4, 0.5) is 13.2 Å². The summed E-state index contributed by atoms with van der Waals surface area (Å²) in [5.74, 6) is -0.125. The maximum absolute atomic E-state index is 12.4. The van der Waals surface area contributed by atoms with Gasteiger partial charge >= 0.3 is 6.36 Å². The molecule has 0 N–H and O–H groups in total. The summed E-state index contributed by atoms with van der Waals surface area (Å²) in [6.07, 6.45) is -2.53. The quantitative estimate of drug-likeness (QED) is 0.849. The van der Waals surface area contributed by atoms with Crippen LogP contribution in [0, 0.1) is 0 Å². The average molecular weight is 289 g/mol. The summed E-state index contributed by atoms with van der Waals surface area (Å²) in [6.45, 7) is 2.03. The van der Waals surface area contributed by atoms with Gasteiger partial charge in [-0.2, -0.15) is 0 Å². The Morgan fingerprint density at radius 3 is 2.75 bits per heavy atom. The molecule has 0 amide bonds. The molecule has 1 aromatic rings. The molecule has 0 aromatic heterocycles. The normalized spacial score (nSPS) is 20.9. The number of halogens is 3. The van der Waals surface area contributed by atoms with E-state index in [1.54, 1.807) is 25.3 Å². The monoisotopic (exact) mass is 289 g/mol. The summed E-state index contributed by atoms with van der Waals surface area (Å²) in [5.41, 5.74) is 0.543. The van der Waals surface area contributed by atoms with Gasteiger partial charge in [0.1, 0.15) is 5.75 Å². The highest BCUT2D eigenvalue weighted by Crippen LogP contribution is 2.28. The zero-order valence-electron chi connectivity index (χ0n) is 11.3. The zero-order valence-corrected chi connectivity index (χ0v) is 11.3. The van der Waals surface area contributed by atoms with E-state index in [1.165, 1.54) is 6.07 Å². The van der Waals surface area contributed by atoms with Gasteiger partial charge in [-0.25, -0.2) is 0 Å². The highest BCUT2D eigenvalue weighted by molar-refractivity contribution is 5.33. The molecule has 1 saturated heterocycles. The van der Waals surface area contributed by atoms with Gasteiger partial charge in [0, 0.05) is 25.8 Å². The SMILES string of the molecule is COC1CCCN(Cc2ccccc2OC(F)(F)F)C1. The number of alkyl halides is 3. The molecule has 1 fully saturated rings. The Morgan fingerprint density at radius 1 is 1.30 bits per heavy atom. The van der Waals surface area contributed by atoms with Gasteiger partial charge in [-0.05, 0) is 25.5 Å². The van der Waals surface area contributed by atoms with Crippen molar-refractivity contribution < 1.29 is 22.6 Å². The lowest BCUT2D eigenvalue weighted by molar-refractivity contribution is -0.275. The molecular formula is C14H18F3NO2. The van der Waals surface area contributed by atoms with Crippen LogP contribution in [0.3, 0.4) is 0 Å². The van der Waals surface area contributed by atoms with E-state index >= 15 is 0 Å². The summed E-state index contributed by atoms with van der Waals surface area (Å²) in [5, 5.41) is 0. The molecule has 3 nitrogen and oxygen atoms in total. The van der Waals surface area contributed by atoms with Crippen molar-refractivity contribution in [3.63, 3.8) is 0 Å². The van der Waals surface area contributed by atoms with Gasteiger partial charge in [0.05, 0.1) is 6.10 Å². The predicted molar refractivity (Wildman–Crippen MR) is 68.4 cm³/mol. The Hall–Kier alpha value is -1.27. The molecule has 20 heavy (non-hydrogen) atoms. The van der Waals surface area contributed by atoms with Crippen molar-refractivity contribution in [3.05, 3.63) is 29.8 Å². The Morgan fingerprint density at radius 2 is 2.05 bits per heavy atom. The zero-order chi connectivity index (χ0) is 14.6. The summed E-state index contributed by atoms with van der Waals surface area (Å²) in [7, 11) is 1.66. The van der Waals surface area contributed by atoms with Gasteiger partial charge in [0.15, 0.2) is 0 Å². The second-order valence-corrected chi connectivity index (χ2v) is 4.89. The lowest BCUT2D eigenvalue weighted by atomic mass is 10.1. The van der Waals surface area contributed by atoms with Gasteiger partial charge in [-0.15, -0.1) is 13.2 Å². The van der Waals surface area contributed by atoms with Crippen LogP contribution in [0.1, 0.15) is 18.4 Å². The number of methoxy groups -OCH3 is 1. The first-order valence-corrected chi connectivity index (χ1v) is 6.57. The standard InChI is InChI=1S/C14H18F3NO2/c1-19-12-6-4-8-18(10-12)9-11-5-2-3-7-13(11)20-14(15,16)17/h2-3,5,7,12H,4,6,8-10H2,1H3. The fraction of sp³-hybridized carbons (Fsp3) is 0.571. The minimum Gasteiger partial charge on any atom is -0.405 e. The number of ether oxygens (including phenoxy) is 2. The third-order valence-corrected chi connectivity index (χ3v) is 3.39. The number of para-hydroxylation sites is 1. The van der Waals surface area contributed by atoms with E-state index in [2.05, 4.69) is 9.64 Å². The fourth-order valence-electron chi connectivity index (χ4n) is 2.45. The molecule has 1 aliphatic rings. The lowest BCUT2D eigenvalue weighted by Crippen LogP contribution is -2.38. The molecule has 0 radical (unpaired) electrons. The molecule has 1 aromatic carbocycles. The van der Waals surface area contributed by atoms with E-state index in [0.29, 0.717) is 12.1 Å². The number of likely N-dealkylation sites (tertiary alicyclic amines) is 1. The number of rotatable bonds is 4. The average Bonchev–Trinajstić information content (AvgIpc) is 2.40. The van der Waals surface area contributed by atoms with Gasteiger partial charge < -0.3 is 9.47 Å². The van der Waals surface area contributed by atoms with E-state index in [-0.39, 0.29) is 11.9 Å². The summed E-state index contributed by atoms with van der Waals surface area (Å²) >= 11 is 0. The highest BCUT2D eigenvalue weighted by atomic mass is 19.4. The predicted octanol–water partition coefficient (Wildman–Crippen LogP) is 3.20. The second-order valence-electron chi connectivity index (χ2n) is 4.89. The molecule has 1 unspecified atom stereocenters. The molecule has 6 heteroatoms. The largest absolute Gasteiger partial charge is 0.573 e. The van der Waals surface area contributed by atoms with Crippen LogP contribution in [-0.2, 0) is 11.3 Å². The van der Waals surface area contributed by atoms with Crippen LogP contribution in [0.5, 0.6) is 5.75 Å². The number of benzene rings is 1. The topological polar surface area (TPSA) is 21.7 Å². The smallest absolute Gasteiger partial charge is 0.405 e. The van der Waals surface area contributed by atoms with Crippen molar-refractivity contribution in [2.24, 2.45) is 0 Å². The third-order valence-electron chi connectivity index (χ3n) is 3.39. The van der Waals surface area contributed by atoms with Gasteiger partial charge in [-0.3, -0.25) is 4.90 Å². The first kappa shape index (κ1) is 15.1. The maximum Gasteiger partial charge on any atom is 0.573 e. The van der Waals surface area contributed by atoms with Crippen molar-refractivity contribution >= 4 is 0 Å². The van der Waals surface area contributed by atoms with Crippen molar-refractivity contribution in [1.82, 2.24) is 4.90 Å². The van der Waals surface area contributed by atoms with Crippen LogP contribution >= 0.6 is 0 Å². The summed E-state index contributed by atoms with van der Waals surface area (Å²) < 4.78 is 46.5. The van der Waals surface area contributed by atoms with Crippen LogP contribution in [0.15, 0.2) is 24.3 Å². The second kappa shape index (κ2) is 6.45. The molecule has 112 valence electrons. The van der Waals surface area contributed by atoms with Gasteiger partial charge in [0.2, 0.25) is 0 Å². The Kier molecular flexibility index (Phi) is 4.88. The molecule has 0 bridgehead atoms. The molecule has 0 aliphatic carbocycles. The van der Waals surface area contributed by atoms with Crippen molar-refractivity contribution in [1.29, 1.82) is 0 Å². The molecule has 1 aliphatic heterocycles. The van der Waals surface area contributed by atoms with Crippen molar-refractivity contribution in [3.8, 4) is 5.75 Å². The van der Waals surface area contributed by atoms with Crippen LogP contribution in [0.25, 0.3) is 0 Å². The van der Waals surface area contributed by atoms with Crippen LogP contribution < -0.4 is 4.74 Å². The van der Waals surface area contributed by atoms with E-state index in [0.717, 1.165) is 25.9 Å².